The fourth-order valence-corrected chi connectivity index (χ4v) is 2.24. The molecule has 1 amide bonds. The number of benzene rings is 2. The average Bonchev–Trinajstić information content (AvgIpc) is 2.59. The van der Waals surface area contributed by atoms with Crippen molar-refractivity contribution in [2.75, 3.05) is 5.32 Å². The Morgan fingerprint density at radius 2 is 1.88 bits per heavy atom. The smallest absolute Gasteiger partial charge is 0.224 e. The fraction of sp³-hybridized carbons (Fsp3) is 0.211. The molecule has 122 valence electrons. The number of rotatable bonds is 6. The van der Waals surface area contributed by atoms with Crippen molar-refractivity contribution in [3.05, 3.63) is 48.0 Å². The zero-order chi connectivity index (χ0) is 17.5. The molecule has 0 aliphatic carbocycles. The molecule has 0 saturated carbocycles. The topological polar surface area (TPSA) is 90.2 Å². The normalized spacial score (nSPS) is 10.0. The first-order valence-corrected chi connectivity index (χ1v) is 7.68. The number of hydrogen-bond acceptors (Lipinski definition) is 4. The average molecular weight is 322 g/mol. The molecule has 0 radical (unpaired) electrons. The number of hydrogen-bond donors (Lipinski definition) is 2. The van der Waals surface area contributed by atoms with Crippen LogP contribution < -0.4 is 5.32 Å². The lowest BCUT2D eigenvalue weighted by Crippen LogP contribution is -2.13. The van der Waals surface area contributed by atoms with Crippen molar-refractivity contribution in [2.24, 2.45) is 0 Å². The first-order valence-electron chi connectivity index (χ1n) is 7.68. The molecule has 5 nitrogen and oxygen atoms in total. The van der Waals surface area contributed by atoms with E-state index in [9.17, 15) is 14.7 Å². The second-order valence-electron chi connectivity index (χ2n) is 5.36. The van der Waals surface area contributed by atoms with Gasteiger partial charge in [0.15, 0.2) is 0 Å². The number of aromatic hydroxyl groups is 1. The SMILES string of the molecule is CCC(=O)CCC(=O)Nc1cccc(-c2ccc(C#N)c(O)c2)c1. The van der Waals surface area contributed by atoms with Gasteiger partial charge in [-0.05, 0) is 35.4 Å². The van der Waals surface area contributed by atoms with Gasteiger partial charge in [-0.25, -0.2) is 0 Å². The van der Waals surface area contributed by atoms with Crippen LogP contribution in [0, 0.1) is 11.3 Å². The number of phenolic OH excluding ortho intramolecular Hbond substituents is 1. The Balaban J connectivity index is 2.12. The Morgan fingerprint density at radius 3 is 2.54 bits per heavy atom. The van der Waals surface area contributed by atoms with Crippen LogP contribution in [0.2, 0.25) is 0 Å². The number of phenols is 1. The molecular weight excluding hydrogens is 304 g/mol. The maximum absolute atomic E-state index is 11.9. The number of amides is 1. The van der Waals surface area contributed by atoms with Crippen LogP contribution in [0.3, 0.4) is 0 Å². The zero-order valence-electron chi connectivity index (χ0n) is 13.4. The highest BCUT2D eigenvalue weighted by Gasteiger charge is 2.08. The number of carbonyl (C=O) groups is 2. The van der Waals surface area contributed by atoms with Crippen molar-refractivity contribution >= 4 is 17.4 Å². The summed E-state index contributed by atoms with van der Waals surface area (Å²) in [7, 11) is 0. The molecule has 0 atom stereocenters. The van der Waals surface area contributed by atoms with Crippen molar-refractivity contribution in [3.8, 4) is 22.9 Å². The van der Waals surface area contributed by atoms with Crippen LogP contribution in [0.25, 0.3) is 11.1 Å². The van der Waals surface area contributed by atoms with Crippen LogP contribution in [-0.2, 0) is 9.59 Å². The third-order valence-electron chi connectivity index (χ3n) is 3.62. The molecule has 2 aromatic carbocycles. The molecule has 5 heteroatoms. The van der Waals surface area contributed by atoms with E-state index >= 15 is 0 Å². The second-order valence-corrected chi connectivity index (χ2v) is 5.36. The van der Waals surface area contributed by atoms with Crippen molar-refractivity contribution in [2.45, 2.75) is 26.2 Å². The Morgan fingerprint density at radius 1 is 1.12 bits per heavy atom. The number of carbonyl (C=O) groups excluding carboxylic acids is 2. The van der Waals surface area contributed by atoms with Gasteiger partial charge in [-0.1, -0.05) is 25.1 Å². The molecule has 24 heavy (non-hydrogen) atoms. The second kappa shape index (κ2) is 7.93. The van der Waals surface area contributed by atoms with Crippen LogP contribution in [0.1, 0.15) is 31.7 Å². The Labute approximate surface area is 140 Å². The van der Waals surface area contributed by atoms with E-state index in [1.165, 1.54) is 6.07 Å². The predicted molar refractivity (Wildman–Crippen MR) is 91.4 cm³/mol. The summed E-state index contributed by atoms with van der Waals surface area (Å²) in [5.41, 5.74) is 2.37. The lowest BCUT2D eigenvalue weighted by atomic mass is 10.0. The van der Waals surface area contributed by atoms with Crippen molar-refractivity contribution in [1.82, 2.24) is 0 Å². The molecule has 0 spiro atoms. The van der Waals surface area contributed by atoms with E-state index in [1.54, 1.807) is 37.3 Å². The Kier molecular flexibility index (Phi) is 5.69. The molecule has 0 aliphatic rings. The summed E-state index contributed by atoms with van der Waals surface area (Å²) in [5, 5.41) is 21.4. The third kappa shape index (κ3) is 4.43. The molecule has 0 saturated heterocycles. The molecule has 0 aliphatic heterocycles. The van der Waals surface area contributed by atoms with E-state index in [2.05, 4.69) is 5.32 Å². The summed E-state index contributed by atoms with van der Waals surface area (Å²) in [6.07, 6.45) is 0.838. The first-order chi connectivity index (χ1) is 11.5. The minimum atomic E-state index is -0.211. The Hall–Kier alpha value is -3.13. The summed E-state index contributed by atoms with van der Waals surface area (Å²) < 4.78 is 0. The van der Waals surface area contributed by atoms with Gasteiger partial charge in [-0.3, -0.25) is 9.59 Å². The quantitative estimate of drug-likeness (QED) is 0.849. The minimum Gasteiger partial charge on any atom is -0.507 e. The lowest BCUT2D eigenvalue weighted by Gasteiger charge is -2.08. The van der Waals surface area contributed by atoms with Crippen LogP contribution in [0.15, 0.2) is 42.5 Å². The third-order valence-corrected chi connectivity index (χ3v) is 3.62. The molecule has 0 unspecified atom stereocenters. The number of nitriles is 1. The van der Waals surface area contributed by atoms with Crippen LogP contribution >= 0.6 is 0 Å². The van der Waals surface area contributed by atoms with Crippen molar-refractivity contribution in [3.63, 3.8) is 0 Å². The maximum atomic E-state index is 11.9. The molecular formula is C19H18N2O3. The molecule has 2 rings (SSSR count). The predicted octanol–water partition coefficient (Wildman–Crippen LogP) is 3.63. The van der Waals surface area contributed by atoms with Gasteiger partial charge in [0.1, 0.15) is 17.6 Å². The number of ketones is 1. The summed E-state index contributed by atoms with van der Waals surface area (Å²) in [6, 6.07) is 13.9. The van der Waals surface area contributed by atoms with Crippen LogP contribution in [0.4, 0.5) is 5.69 Å². The van der Waals surface area contributed by atoms with Gasteiger partial charge in [0.25, 0.3) is 0 Å². The van der Waals surface area contributed by atoms with Gasteiger partial charge >= 0.3 is 0 Å². The lowest BCUT2D eigenvalue weighted by molar-refractivity contribution is -0.122. The van der Waals surface area contributed by atoms with Gasteiger partial charge in [-0.2, -0.15) is 5.26 Å². The Bertz CT molecular complexity index is 806. The van der Waals surface area contributed by atoms with Gasteiger partial charge in [0.05, 0.1) is 5.56 Å². The fourth-order valence-electron chi connectivity index (χ4n) is 2.24. The van der Waals surface area contributed by atoms with Gasteiger partial charge in [-0.15, -0.1) is 0 Å². The molecule has 2 N–H and O–H groups in total. The molecule has 2 aromatic rings. The highest BCUT2D eigenvalue weighted by atomic mass is 16.3. The van der Waals surface area contributed by atoms with Crippen molar-refractivity contribution in [1.29, 1.82) is 5.26 Å². The minimum absolute atomic E-state index is 0.0620. The molecule has 0 aromatic heterocycles. The number of anilines is 1. The first kappa shape index (κ1) is 17.2. The number of nitrogens with one attached hydrogen (secondary N) is 1. The van der Waals surface area contributed by atoms with E-state index in [-0.39, 0.29) is 35.8 Å². The van der Waals surface area contributed by atoms with E-state index in [0.29, 0.717) is 12.1 Å². The highest BCUT2D eigenvalue weighted by Crippen LogP contribution is 2.27. The van der Waals surface area contributed by atoms with Gasteiger partial charge in [0, 0.05) is 24.9 Å². The summed E-state index contributed by atoms with van der Waals surface area (Å²) in [5.74, 6) is -0.230. The van der Waals surface area contributed by atoms with Crippen LogP contribution in [0.5, 0.6) is 5.75 Å². The van der Waals surface area contributed by atoms with E-state index in [1.807, 2.05) is 12.1 Å². The van der Waals surface area contributed by atoms with E-state index in [4.69, 9.17) is 5.26 Å². The molecule has 0 bridgehead atoms. The van der Waals surface area contributed by atoms with E-state index < -0.39 is 0 Å². The summed E-state index contributed by atoms with van der Waals surface area (Å²) in [4.78, 5) is 23.1. The zero-order valence-corrected chi connectivity index (χ0v) is 13.4. The van der Waals surface area contributed by atoms with Crippen LogP contribution in [-0.4, -0.2) is 16.8 Å². The summed E-state index contributed by atoms with van der Waals surface area (Å²) in [6.45, 7) is 1.77. The standard InChI is InChI=1S/C19H18N2O3/c1-2-17(22)8-9-19(24)21-16-5-3-4-13(10-16)14-6-7-15(12-20)18(23)11-14/h3-7,10-11,23H,2,8-9H2,1H3,(H,21,24). The van der Waals surface area contributed by atoms with Crippen molar-refractivity contribution < 1.29 is 14.7 Å². The molecule has 0 heterocycles. The maximum Gasteiger partial charge on any atom is 0.224 e. The summed E-state index contributed by atoms with van der Waals surface area (Å²) >= 11 is 0. The van der Waals surface area contributed by atoms with E-state index in [0.717, 1.165) is 11.1 Å². The number of nitrogens with zero attached hydrogens (tertiary/aromatic N) is 1. The van der Waals surface area contributed by atoms with Gasteiger partial charge < -0.3 is 10.4 Å². The highest BCUT2D eigenvalue weighted by molar-refractivity contribution is 5.94. The monoisotopic (exact) mass is 322 g/mol. The van der Waals surface area contributed by atoms with Gasteiger partial charge in [0.2, 0.25) is 5.91 Å². The number of Topliss-reactive ketones (excluding diaryl/α,β-unsaturated/α-hetero) is 1. The largest absolute Gasteiger partial charge is 0.507 e. The molecule has 0 fully saturated rings.